The molecule has 4 rings (SSSR count). The SMILES string of the molecule is COc1ccc(N2C(=O)CC[C@H](C(=O)Nc3cccc(C(F)(F)F)c3)[C@H]2c2ccc(F)cc2)cc1. The number of nitrogens with zero attached hydrogens (tertiary/aromatic N) is 1. The lowest BCUT2D eigenvalue weighted by atomic mass is 9.83. The van der Waals surface area contributed by atoms with E-state index in [9.17, 15) is 27.2 Å². The van der Waals surface area contributed by atoms with Gasteiger partial charge in [0.25, 0.3) is 0 Å². The average molecular weight is 486 g/mol. The van der Waals surface area contributed by atoms with Crippen LogP contribution in [0.5, 0.6) is 5.75 Å². The highest BCUT2D eigenvalue weighted by molar-refractivity contribution is 6.00. The van der Waals surface area contributed by atoms with Crippen LogP contribution in [0.3, 0.4) is 0 Å². The first-order valence-corrected chi connectivity index (χ1v) is 10.9. The summed E-state index contributed by atoms with van der Waals surface area (Å²) in [6, 6.07) is 15.8. The molecule has 0 spiro atoms. The van der Waals surface area contributed by atoms with Gasteiger partial charge in [-0.15, -0.1) is 0 Å². The standard InChI is InChI=1S/C26H22F4N2O3/c1-35-21-11-9-20(10-12-21)32-23(33)14-13-22(24(32)16-5-7-18(27)8-6-16)25(34)31-19-4-2-3-17(15-19)26(28,29)30/h2-12,15,22,24H,13-14H2,1H3,(H,31,34)/t22-,24+/m0/s1. The fourth-order valence-electron chi connectivity index (χ4n) is 4.26. The molecule has 5 nitrogen and oxygen atoms in total. The van der Waals surface area contributed by atoms with Crippen molar-refractivity contribution in [3.63, 3.8) is 0 Å². The Kier molecular flexibility index (Phi) is 6.77. The summed E-state index contributed by atoms with van der Waals surface area (Å²) in [5, 5.41) is 2.57. The van der Waals surface area contributed by atoms with Gasteiger partial charge >= 0.3 is 6.18 Å². The molecule has 1 aliphatic heterocycles. The van der Waals surface area contributed by atoms with E-state index in [1.807, 2.05) is 0 Å². The van der Waals surface area contributed by atoms with E-state index >= 15 is 0 Å². The fourth-order valence-corrected chi connectivity index (χ4v) is 4.26. The Bertz CT molecular complexity index is 1210. The number of carbonyl (C=O) groups excluding carboxylic acids is 2. The van der Waals surface area contributed by atoms with Crippen LogP contribution >= 0.6 is 0 Å². The molecule has 9 heteroatoms. The molecule has 2 amide bonds. The number of anilines is 2. The first kappa shape index (κ1) is 24.3. The molecule has 0 aliphatic carbocycles. The quantitative estimate of drug-likeness (QED) is 0.452. The van der Waals surface area contributed by atoms with Crippen LogP contribution in [-0.4, -0.2) is 18.9 Å². The van der Waals surface area contributed by atoms with Crippen LogP contribution in [-0.2, 0) is 15.8 Å². The molecule has 3 aromatic rings. The normalized spacial score (nSPS) is 18.3. The number of alkyl halides is 3. The minimum atomic E-state index is -4.56. The van der Waals surface area contributed by atoms with Crippen molar-refractivity contribution in [3.8, 4) is 5.75 Å². The molecule has 0 saturated carbocycles. The minimum Gasteiger partial charge on any atom is -0.497 e. The van der Waals surface area contributed by atoms with Crippen molar-refractivity contribution in [2.45, 2.75) is 25.1 Å². The molecule has 1 saturated heterocycles. The van der Waals surface area contributed by atoms with Gasteiger partial charge in [0.2, 0.25) is 11.8 Å². The zero-order valence-corrected chi connectivity index (χ0v) is 18.7. The van der Waals surface area contributed by atoms with Crippen LogP contribution in [0.2, 0.25) is 0 Å². The van der Waals surface area contributed by atoms with Crippen molar-refractivity contribution >= 4 is 23.2 Å². The second-order valence-electron chi connectivity index (χ2n) is 8.17. The summed E-state index contributed by atoms with van der Waals surface area (Å²) in [5.41, 5.74) is 0.154. The van der Waals surface area contributed by atoms with Gasteiger partial charge < -0.3 is 15.0 Å². The largest absolute Gasteiger partial charge is 0.497 e. The van der Waals surface area contributed by atoms with Gasteiger partial charge in [-0.25, -0.2) is 4.39 Å². The van der Waals surface area contributed by atoms with Crippen molar-refractivity contribution in [1.29, 1.82) is 0 Å². The van der Waals surface area contributed by atoms with Gasteiger partial charge in [-0.3, -0.25) is 9.59 Å². The minimum absolute atomic E-state index is 0.00409. The molecule has 1 aliphatic rings. The molecule has 0 unspecified atom stereocenters. The summed E-state index contributed by atoms with van der Waals surface area (Å²) in [6.45, 7) is 0. The Hall–Kier alpha value is -3.88. The molecular formula is C26H22F4N2O3. The summed E-state index contributed by atoms with van der Waals surface area (Å²) in [7, 11) is 1.51. The number of carbonyl (C=O) groups is 2. The van der Waals surface area contributed by atoms with Crippen molar-refractivity contribution in [3.05, 3.63) is 89.7 Å². The number of nitrogens with one attached hydrogen (secondary N) is 1. The number of hydrogen-bond donors (Lipinski definition) is 1. The molecular weight excluding hydrogens is 464 g/mol. The van der Waals surface area contributed by atoms with Crippen LogP contribution in [0.15, 0.2) is 72.8 Å². The van der Waals surface area contributed by atoms with Crippen LogP contribution in [0.25, 0.3) is 0 Å². The predicted octanol–water partition coefficient (Wildman–Crippen LogP) is 5.98. The van der Waals surface area contributed by atoms with E-state index in [-0.39, 0.29) is 24.4 Å². The van der Waals surface area contributed by atoms with Gasteiger partial charge in [0.1, 0.15) is 11.6 Å². The molecule has 0 bridgehead atoms. The maximum atomic E-state index is 13.6. The summed E-state index contributed by atoms with van der Waals surface area (Å²) >= 11 is 0. The Morgan fingerprint density at radius 3 is 2.34 bits per heavy atom. The summed E-state index contributed by atoms with van der Waals surface area (Å²) < 4.78 is 58.2. The number of piperidine rings is 1. The molecule has 35 heavy (non-hydrogen) atoms. The Morgan fingerprint density at radius 2 is 1.71 bits per heavy atom. The van der Waals surface area contributed by atoms with Crippen molar-refractivity contribution < 1.29 is 31.9 Å². The lowest BCUT2D eigenvalue weighted by Gasteiger charge is -2.41. The third-order valence-corrected chi connectivity index (χ3v) is 5.95. The van der Waals surface area contributed by atoms with Gasteiger partial charge in [0.15, 0.2) is 0 Å². The summed E-state index contributed by atoms with van der Waals surface area (Å²) in [5.74, 6) is -1.46. The zero-order valence-electron chi connectivity index (χ0n) is 18.7. The Balaban J connectivity index is 1.71. The molecule has 0 aromatic heterocycles. The van der Waals surface area contributed by atoms with Gasteiger partial charge in [-0.1, -0.05) is 18.2 Å². The zero-order chi connectivity index (χ0) is 25.2. The van der Waals surface area contributed by atoms with E-state index in [0.717, 1.165) is 12.1 Å². The molecule has 1 N–H and O–H groups in total. The highest BCUT2D eigenvalue weighted by atomic mass is 19.4. The topological polar surface area (TPSA) is 58.6 Å². The number of rotatable bonds is 5. The van der Waals surface area contributed by atoms with Crippen molar-refractivity contribution in [2.24, 2.45) is 5.92 Å². The van der Waals surface area contributed by atoms with Gasteiger partial charge in [0, 0.05) is 17.8 Å². The first-order chi connectivity index (χ1) is 16.7. The van der Waals surface area contributed by atoms with E-state index in [4.69, 9.17) is 4.74 Å². The number of methoxy groups -OCH3 is 1. The summed E-state index contributed by atoms with van der Waals surface area (Å²) in [4.78, 5) is 27.9. The Morgan fingerprint density at radius 1 is 1.03 bits per heavy atom. The predicted molar refractivity (Wildman–Crippen MR) is 122 cm³/mol. The lowest BCUT2D eigenvalue weighted by Crippen LogP contribution is -2.47. The number of ether oxygens (including phenoxy) is 1. The monoisotopic (exact) mass is 486 g/mol. The maximum Gasteiger partial charge on any atom is 0.416 e. The van der Waals surface area contributed by atoms with Crippen LogP contribution in [0.4, 0.5) is 28.9 Å². The van der Waals surface area contributed by atoms with E-state index in [2.05, 4.69) is 5.32 Å². The van der Waals surface area contributed by atoms with Crippen molar-refractivity contribution in [1.82, 2.24) is 0 Å². The van der Waals surface area contributed by atoms with E-state index in [1.54, 1.807) is 24.3 Å². The highest BCUT2D eigenvalue weighted by Gasteiger charge is 2.41. The number of halogens is 4. The second kappa shape index (κ2) is 9.77. The number of hydrogen-bond acceptors (Lipinski definition) is 3. The first-order valence-electron chi connectivity index (χ1n) is 10.9. The molecule has 1 heterocycles. The average Bonchev–Trinajstić information content (AvgIpc) is 2.84. The molecule has 0 radical (unpaired) electrons. The molecule has 182 valence electrons. The van der Waals surface area contributed by atoms with Crippen molar-refractivity contribution in [2.75, 3.05) is 17.3 Å². The fraction of sp³-hybridized carbons (Fsp3) is 0.231. The summed E-state index contributed by atoms with van der Waals surface area (Å²) in [6.07, 6.45) is -4.32. The molecule has 3 aromatic carbocycles. The van der Waals surface area contributed by atoms with Crippen LogP contribution in [0, 0.1) is 11.7 Å². The highest BCUT2D eigenvalue weighted by Crippen LogP contribution is 2.41. The van der Waals surface area contributed by atoms with E-state index < -0.39 is 35.4 Å². The molecule has 1 fully saturated rings. The third kappa shape index (κ3) is 5.29. The number of benzene rings is 3. The lowest BCUT2D eigenvalue weighted by molar-refractivity contribution is -0.137. The Labute approximate surface area is 199 Å². The van der Waals surface area contributed by atoms with Crippen LogP contribution in [0.1, 0.15) is 30.0 Å². The third-order valence-electron chi connectivity index (χ3n) is 5.95. The number of amides is 2. The van der Waals surface area contributed by atoms with Gasteiger partial charge in [0.05, 0.1) is 24.6 Å². The van der Waals surface area contributed by atoms with E-state index in [0.29, 0.717) is 17.0 Å². The van der Waals surface area contributed by atoms with E-state index in [1.165, 1.54) is 48.4 Å². The molecule has 2 atom stereocenters. The van der Waals surface area contributed by atoms with Gasteiger partial charge in [-0.2, -0.15) is 13.2 Å². The van der Waals surface area contributed by atoms with Gasteiger partial charge in [-0.05, 0) is 66.6 Å². The van der Waals surface area contributed by atoms with Crippen LogP contribution < -0.4 is 15.0 Å². The second-order valence-corrected chi connectivity index (χ2v) is 8.17. The maximum absolute atomic E-state index is 13.6. The smallest absolute Gasteiger partial charge is 0.416 e.